The van der Waals surface area contributed by atoms with Crippen molar-refractivity contribution in [1.82, 2.24) is 19.8 Å². The normalized spacial score (nSPS) is 19.3. The Morgan fingerprint density at radius 2 is 1.81 bits per heavy atom. The largest absolute Gasteiger partial charge is 0.494 e. The van der Waals surface area contributed by atoms with Crippen LogP contribution in [0.1, 0.15) is 30.9 Å². The number of piperazine rings is 1. The summed E-state index contributed by atoms with van der Waals surface area (Å²) >= 11 is 0. The summed E-state index contributed by atoms with van der Waals surface area (Å²) in [6, 6.07) is 8.74. The van der Waals surface area contributed by atoms with E-state index < -0.39 is 17.7 Å². The molecule has 3 aromatic rings. The number of anilines is 5. The Hall–Kier alpha value is -4.59. The summed E-state index contributed by atoms with van der Waals surface area (Å²) < 4.78 is 34.5. The van der Waals surface area contributed by atoms with Gasteiger partial charge in [-0.05, 0) is 43.2 Å². The van der Waals surface area contributed by atoms with E-state index in [0.717, 1.165) is 76.5 Å². The number of hydrogen-bond acceptors (Lipinski definition) is 10. The number of piperidine rings is 1. The number of hydrogen-bond donors (Lipinski definition) is 2. The van der Waals surface area contributed by atoms with Crippen molar-refractivity contribution in [3.63, 3.8) is 0 Å². The summed E-state index contributed by atoms with van der Waals surface area (Å²) in [6.07, 6.45) is 7.06. The molecule has 1 atom stereocenters. The second-order valence-corrected chi connectivity index (χ2v) is 12.1. The fourth-order valence-corrected chi connectivity index (χ4v) is 6.77. The van der Waals surface area contributed by atoms with Crippen molar-refractivity contribution in [2.24, 2.45) is 0 Å². The smallest absolute Gasteiger partial charge is 0.247 e. The molecule has 0 aliphatic carbocycles. The Morgan fingerprint density at radius 1 is 1.02 bits per heavy atom. The Morgan fingerprint density at radius 3 is 2.54 bits per heavy atom. The van der Waals surface area contributed by atoms with Crippen molar-refractivity contribution in [2.75, 3.05) is 80.1 Å². The maximum Gasteiger partial charge on any atom is 0.247 e. The topological polar surface area (TPSA) is 98.3 Å². The number of methoxy groups -OCH3 is 1. The maximum absolute atomic E-state index is 14.7. The summed E-state index contributed by atoms with van der Waals surface area (Å²) in [6.45, 7) is 14.7. The van der Waals surface area contributed by atoms with Gasteiger partial charge in [-0.2, -0.15) is 0 Å². The molecule has 0 bridgehead atoms. The number of benzene rings is 2. The number of rotatable bonds is 11. The molecule has 0 spiro atoms. The zero-order chi connectivity index (χ0) is 33.6. The van der Waals surface area contributed by atoms with Gasteiger partial charge in [0.05, 0.1) is 36.8 Å². The van der Waals surface area contributed by atoms with Crippen LogP contribution >= 0.6 is 0 Å². The fraction of sp³-hybridized carbons (Fsp3) is 0.400. The van der Waals surface area contributed by atoms with Crippen LogP contribution in [0.3, 0.4) is 0 Å². The number of halogens is 2. The van der Waals surface area contributed by atoms with E-state index in [9.17, 15) is 13.6 Å². The number of aromatic nitrogens is 2. The van der Waals surface area contributed by atoms with Gasteiger partial charge < -0.3 is 20.3 Å². The second kappa shape index (κ2) is 15.1. The number of ether oxygens (including phenoxy) is 1. The lowest BCUT2D eigenvalue weighted by molar-refractivity contribution is -0.111. The molecule has 13 heteroatoms. The van der Waals surface area contributed by atoms with Gasteiger partial charge in [0.25, 0.3) is 0 Å². The third-order valence-electron chi connectivity index (χ3n) is 9.24. The molecular weight excluding hydrogens is 618 g/mol. The molecule has 1 aromatic heterocycles. The summed E-state index contributed by atoms with van der Waals surface area (Å²) in [7, 11) is 1.59. The lowest BCUT2D eigenvalue weighted by Crippen LogP contribution is -2.53. The second-order valence-electron chi connectivity index (χ2n) is 12.1. The summed E-state index contributed by atoms with van der Waals surface area (Å²) in [4.78, 5) is 34.4. The zero-order valence-corrected chi connectivity index (χ0v) is 27.2. The number of carbonyl (C=O) groups is 1. The first kappa shape index (κ1) is 33.3. The maximum atomic E-state index is 14.7. The standard InChI is InChI=1S/C35H42F2N8O3/c1-4-11-42-14-16-43(17-15-42)25-8-12-44(13-9-25)31-21-32(47-3)29(20-28(31)41-35(46)5-2)40-33-22-34(39-23-38-33)45-30(10-18-48-45)26-19-24(36)6-7-27(26)37/h4-7,19-23,25,30H,1-2,8-18H2,3H3,(H,41,46)(H,38,39,40). The van der Waals surface area contributed by atoms with Crippen LogP contribution in [0.2, 0.25) is 0 Å². The number of carbonyl (C=O) groups excluding carboxylic acids is 1. The lowest BCUT2D eigenvalue weighted by atomic mass is 10.0. The Kier molecular flexibility index (Phi) is 10.5. The molecule has 3 fully saturated rings. The van der Waals surface area contributed by atoms with Gasteiger partial charge in [0.15, 0.2) is 5.82 Å². The van der Waals surface area contributed by atoms with Gasteiger partial charge in [-0.1, -0.05) is 12.7 Å². The van der Waals surface area contributed by atoms with E-state index in [1.54, 1.807) is 13.2 Å². The first-order valence-electron chi connectivity index (χ1n) is 16.3. The van der Waals surface area contributed by atoms with Gasteiger partial charge in [-0.3, -0.25) is 19.4 Å². The van der Waals surface area contributed by atoms with E-state index in [1.807, 2.05) is 18.2 Å². The predicted molar refractivity (Wildman–Crippen MR) is 183 cm³/mol. The van der Waals surface area contributed by atoms with Gasteiger partial charge in [0.2, 0.25) is 5.91 Å². The molecular formula is C35H42F2N8O3. The van der Waals surface area contributed by atoms with Crippen LogP contribution in [-0.2, 0) is 9.63 Å². The molecule has 254 valence electrons. The molecule has 1 unspecified atom stereocenters. The van der Waals surface area contributed by atoms with Crippen LogP contribution in [0.5, 0.6) is 5.75 Å². The first-order chi connectivity index (χ1) is 23.4. The van der Waals surface area contributed by atoms with E-state index in [4.69, 9.17) is 9.57 Å². The zero-order valence-electron chi connectivity index (χ0n) is 27.2. The average molecular weight is 661 g/mol. The minimum atomic E-state index is -0.566. The lowest BCUT2D eigenvalue weighted by Gasteiger charge is -2.43. The van der Waals surface area contributed by atoms with Crippen molar-refractivity contribution >= 4 is 34.6 Å². The molecule has 0 saturated carbocycles. The van der Waals surface area contributed by atoms with E-state index >= 15 is 0 Å². The van der Waals surface area contributed by atoms with Crippen LogP contribution in [0, 0.1) is 11.6 Å². The molecule has 6 rings (SSSR count). The van der Waals surface area contributed by atoms with Crippen molar-refractivity contribution in [1.29, 1.82) is 0 Å². The van der Waals surface area contributed by atoms with E-state index in [1.165, 1.54) is 23.5 Å². The Balaban J connectivity index is 1.20. The quantitative estimate of drug-likeness (QED) is 0.209. The van der Waals surface area contributed by atoms with Crippen LogP contribution in [0.15, 0.2) is 68.0 Å². The number of hydroxylamine groups is 1. The average Bonchev–Trinajstić information content (AvgIpc) is 3.60. The highest BCUT2D eigenvalue weighted by Gasteiger charge is 2.32. The van der Waals surface area contributed by atoms with Gasteiger partial charge in [0.1, 0.15) is 29.5 Å². The van der Waals surface area contributed by atoms with Crippen molar-refractivity contribution in [3.8, 4) is 5.75 Å². The monoisotopic (exact) mass is 660 g/mol. The Bertz CT molecular complexity index is 1630. The molecule has 11 nitrogen and oxygen atoms in total. The third-order valence-corrected chi connectivity index (χ3v) is 9.24. The van der Waals surface area contributed by atoms with Crippen LogP contribution < -0.4 is 25.3 Å². The van der Waals surface area contributed by atoms with Crippen molar-refractivity contribution < 1.29 is 23.1 Å². The van der Waals surface area contributed by atoms with Crippen LogP contribution in [0.25, 0.3) is 0 Å². The highest BCUT2D eigenvalue weighted by molar-refractivity contribution is 6.02. The van der Waals surface area contributed by atoms with Crippen molar-refractivity contribution in [3.05, 3.63) is 85.2 Å². The molecule has 1 amide bonds. The number of amides is 1. The number of nitrogens with zero attached hydrogens (tertiary/aromatic N) is 6. The van der Waals surface area contributed by atoms with E-state index in [-0.39, 0.29) is 11.5 Å². The molecule has 48 heavy (non-hydrogen) atoms. The van der Waals surface area contributed by atoms with E-state index in [2.05, 4.69) is 48.5 Å². The fourth-order valence-electron chi connectivity index (χ4n) is 6.77. The third kappa shape index (κ3) is 7.43. The minimum absolute atomic E-state index is 0.190. The molecule has 2 N–H and O–H groups in total. The van der Waals surface area contributed by atoms with Crippen LogP contribution in [-0.4, -0.2) is 91.2 Å². The molecule has 2 aromatic carbocycles. The minimum Gasteiger partial charge on any atom is -0.494 e. The summed E-state index contributed by atoms with van der Waals surface area (Å²) in [5, 5.41) is 7.73. The predicted octanol–water partition coefficient (Wildman–Crippen LogP) is 5.29. The van der Waals surface area contributed by atoms with Gasteiger partial charge in [0, 0.05) is 76.0 Å². The number of nitrogens with one attached hydrogen (secondary N) is 2. The van der Waals surface area contributed by atoms with Crippen LogP contribution in [0.4, 0.5) is 37.5 Å². The molecule has 3 aliphatic rings. The van der Waals surface area contributed by atoms with Gasteiger partial charge in [-0.25, -0.2) is 23.8 Å². The van der Waals surface area contributed by atoms with Gasteiger partial charge >= 0.3 is 0 Å². The first-order valence-corrected chi connectivity index (χ1v) is 16.3. The molecule has 4 heterocycles. The molecule has 3 aliphatic heterocycles. The summed E-state index contributed by atoms with van der Waals surface area (Å²) in [5.41, 5.74) is 2.22. The molecule has 3 saturated heterocycles. The van der Waals surface area contributed by atoms with Crippen molar-refractivity contribution in [2.45, 2.75) is 31.3 Å². The SMILES string of the molecule is C=CCN1CCN(C2CCN(c3cc(OC)c(Nc4cc(N5OCCC5c5cc(F)ccc5F)ncn4)cc3NC(=O)C=C)CC2)CC1. The highest BCUT2D eigenvalue weighted by atomic mass is 19.1. The molecule has 0 radical (unpaired) electrons. The highest BCUT2D eigenvalue weighted by Crippen LogP contribution is 2.41. The van der Waals surface area contributed by atoms with E-state index in [0.29, 0.717) is 47.8 Å². The summed E-state index contributed by atoms with van der Waals surface area (Å²) in [5.74, 6) is -0.0327. The van der Waals surface area contributed by atoms with Gasteiger partial charge in [-0.15, -0.1) is 6.58 Å². The Labute approximate surface area is 279 Å².